The van der Waals surface area contributed by atoms with Crippen molar-refractivity contribution in [3.05, 3.63) is 0 Å². The second kappa shape index (κ2) is 6.97. The summed E-state index contributed by atoms with van der Waals surface area (Å²) >= 11 is 0. The maximum absolute atomic E-state index is 11.8. The van der Waals surface area contributed by atoms with E-state index in [1.807, 2.05) is 13.8 Å². The average molecular weight is 242 g/mol. The topological polar surface area (TPSA) is 52.6 Å². The molecule has 1 fully saturated rings. The van der Waals surface area contributed by atoms with E-state index in [4.69, 9.17) is 5.11 Å². The first-order valence-electron chi connectivity index (χ1n) is 6.61. The van der Waals surface area contributed by atoms with Crippen molar-refractivity contribution in [2.24, 2.45) is 17.8 Å². The van der Waals surface area contributed by atoms with Gasteiger partial charge in [-0.2, -0.15) is 0 Å². The minimum Gasteiger partial charge on any atom is -0.396 e. The molecule has 2 unspecified atom stereocenters. The molecule has 2 atom stereocenters. The number of likely N-dealkylation sites (tertiary alicyclic amines) is 1. The Morgan fingerprint density at radius 1 is 1.53 bits per heavy atom. The Balaban J connectivity index is 2.19. The fourth-order valence-corrected chi connectivity index (χ4v) is 2.39. The fourth-order valence-electron chi connectivity index (χ4n) is 2.39. The second-order valence-electron chi connectivity index (χ2n) is 5.53. The number of nitrogens with zero attached hydrogens (tertiary/aromatic N) is 1. The molecule has 1 rings (SSSR count). The third kappa shape index (κ3) is 4.64. The molecule has 0 aromatic rings. The minimum absolute atomic E-state index is 0.00569. The highest BCUT2D eigenvalue weighted by molar-refractivity contribution is 5.78. The van der Waals surface area contributed by atoms with Gasteiger partial charge in [0.2, 0.25) is 5.91 Å². The summed E-state index contributed by atoms with van der Waals surface area (Å²) in [5.74, 6) is 0.639. The first-order chi connectivity index (χ1) is 8.04. The molecular formula is C13H26N2O2. The van der Waals surface area contributed by atoms with Crippen molar-refractivity contribution in [3.63, 3.8) is 0 Å². The molecule has 0 aromatic carbocycles. The summed E-state index contributed by atoms with van der Waals surface area (Å²) in [7, 11) is 2.14. The van der Waals surface area contributed by atoms with Gasteiger partial charge in [-0.1, -0.05) is 13.8 Å². The van der Waals surface area contributed by atoms with Crippen molar-refractivity contribution in [2.75, 3.05) is 33.3 Å². The van der Waals surface area contributed by atoms with Gasteiger partial charge in [-0.05, 0) is 38.3 Å². The molecule has 1 saturated heterocycles. The Morgan fingerprint density at radius 2 is 2.24 bits per heavy atom. The maximum Gasteiger partial charge on any atom is 0.225 e. The molecule has 0 radical (unpaired) electrons. The van der Waals surface area contributed by atoms with Crippen LogP contribution in [0.2, 0.25) is 0 Å². The zero-order chi connectivity index (χ0) is 12.8. The summed E-state index contributed by atoms with van der Waals surface area (Å²) in [6.45, 7) is 6.92. The lowest BCUT2D eigenvalue weighted by atomic mass is 9.96. The number of nitrogens with one attached hydrogen (secondary N) is 1. The highest BCUT2D eigenvalue weighted by Crippen LogP contribution is 2.17. The molecule has 0 aliphatic carbocycles. The monoisotopic (exact) mass is 242 g/mol. The highest BCUT2D eigenvalue weighted by Gasteiger charge is 2.22. The molecule has 0 spiro atoms. The van der Waals surface area contributed by atoms with Crippen LogP contribution >= 0.6 is 0 Å². The lowest BCUT2D eigenvalue weighted by molar-refractivity contribution is -0.127. The van der Waals surface area contributed by atoms with Crippen LogP contribution in [0.25, 0.3) is 0 Å². The van der Waals surface area contributed by atoms with E-state index in [1.165, 1.54) is 13.0 Å². The number of carbonyl (C=O) groups excluding carboxylic acids is 1. The molecule has 17 heavy (non-hydrogen) atoms. The Hall–Kier alpha value is -0.610. The SMILES string of the molecule is CC(C)C(CO)C(=O)NCCC1CCN(C)C1. The van der Waals surface area contributed by atoms with Crippen molar-refractivity contribution in [1.82, 2.24) is 10.2 Å². The standard InChI is InChI=1S/C13H26N2O2/c1-10(2)12(9-16)13(17)14-6-4-11-5-7-15(3)8-11/h10-12,16H,4-9H2,1-3H3,(H,14,17). The van der Waals surface area contributed by atoms with Gasteiger partial charge in [0.05, 0.1) is 12.5 Å². The minimum atomic E-state index is -0.263. The third-order valence-electron chi connectivity index (χ3n) is 3.68. The predicted octanol–water partition coefficient (Wildman–Crippen LogP) is 0.709. The number of hydrogen-bond acceptors (Lipinski definition) is 3. The lowest BCUT2D eigenvalue weighted by Crippen LogP contribution is -2.36. The zero-order valence-corrected chi connectivity index (χ0v) is 11.3. The molecule has 4 nitrogen and oxygen atoms in total. The van der Waals surface area contributed by atoms with E-state index < -0.39 is 0 Å². The van der Waals surface area contributed by atoms with Crippen LogP contribution in [0.15, 0.2) is 0 Å². The number of rotatable bonds is 6. The number of aliphatic hydroxyl groups is 1. The summed E-state index contributed by atoms with van der Waals surface area (Å²) in [6, 6.07) is 0. The van der Waals surface area contributed by atoms with Crippen LogP contribution in [0.4, 0.5) is 0 Å². The van der Waals surface area contributed by atoms with Crippen molar-refractivity contribution in [3.8, 4) is 0 Å². The molecule has 1 heterocycles. The molecule has 100 valence electrons. The first-order valence-corrected chi connectivity index (χ1v) is 6.61. The van der Waals surface area contributed by atoms with Gasteiger partial charge in [-0.15, -0.1) is 0 Å². The number of hydrogen-bond donors (Lipinski definition) is 2. The molecule has 0 saturated carbocycles. The van der Waals surface area contributed by atoms with Crippen molar-refractivity contribution < 1.29 is 9.90 Å². The van der Waals surface area contributed by atoms with E-state index >= 15 is 0 Å². The highest BCUT2D eigenvalue weighted by atomic mass is 16.3. The van der Waals surface area contributed by atoms with Gasteiger partial charge >= 0.3 is 0 Å². The van der Waals surface area contributed by atoms with Crippen LogP contribution in [0, 0.1) is 17.8 Å². The molecule has 1 amide bonds. The lowest BCUT2D eigenvalue weighted by Gasteiger charge is -2.18. The van der Waals surface area contributed by atoms with Crippen LogP contribution in [0.3, 0.4) is 0 Å². The van der Waals surface area contributed by atoms with Gasteiger partial charge in [0.15, 0.2) is 0 Å². The second-order valence-corrected chi connectivity index (χ2v) is 5.53. The normalized spacial score (nSPS) is 23.0. The van der Waals surface area contributed by atoms with E-state index in [9.17, 15) is 4.79 Å². The Bertz CT molecular complexity index is 244. The van der Waals surface area contributed by atoms with Gasteiger partial charge in [-0.3, -0.25) is 4.79 Å². The number of amides is 1. The van der Waals surface area contributed by atoms with E-state index in [1.54, 1.807) is 0 Å². The van der Waals surface area contributed by atoms with Crippen LogP contribution in [0.1, 0.15) is 26.7 Å². The molecule has 1 aliphatic heterocycles. The zero-order valence-electron chi connectivity index (χ0n) is 11.3. The van der Waals surface area contributed by atoms with Gasteiger partial charge in [0.25, 0.3) is 0 Å². The maximum atomic E-state index is 11.8. The van der Waals surface area contributed by atoms with E-state index in [2.05, 4.69) is 17.3 Å². The molecule has 0 aromatic heterocycles. The summed E-state index contributed by atoms with van der Waals surface area (Å²) in [4.78, 5) is 14.1. The molecular weight excluding hydrogens is 216 g/mol. The summed E-state index contributed by atoms with van der Waals surface area (Å²) < 4.78 is 0. The smallest absolute Gasteiger partial charge is 0.225 e. The average Bonchev–Trinajstić information content (AvgIpc) is 2.64. The molecule has 1 aliphatic rings. The van der Waals surface area contributed by atoms with Crippen molar-refractivity contribution in [1.29, 1.82) is 0 Å². The van der Waals surface area contributed by atoms with E-state index in [0.29, 0.717) is 5.92 Å². The fraction of sp³-hybridized carbons (Fsp3) is 0.923. The van der Waals surface area contributed by atoms with E-state index in [0.717, 1.165) is 19.5 Å². The van der Waals surface area contributed by atoms with Gasteiger partial charge < -0.3 is 15.3 Å². The molecule has 0 bridgehead atoms. The van der Waals surface area contributed by atoms with Gasteiger partial charge in [0.1, 0.15) is 0 Å². The van der Waals surface area contributed by atoms with E-state index in [-0.39, 0.29) is 24.3 Å². The summed E-state index contributed by atoms with van der Waals surface area (Å²) in [6.07, 6.45) is 2.28. The van der Waals surface area contributed by atoms with Crippen LogP contribution in [-0.4, -0.2) is 49.2 Å². The Morgan fingerprint density at radius 3 is 2.71 bits per heavy atom. The predicted molar refractivity (Wildman–Crippen MR) is 68.6 cm³/mol. The first kappa shape index (κ1) is 14.5. The Kier molecular flexibility index (Phi) is 5.92. The van der Waals surface area contributed by atoms with Crippen LogP contribution in [0.5, 0.6) is 0 Å². The van der Waals surface area contributed by atoms with Crippen molar-refractivity contribution in [2.45, 2.75) is 26.7 Å². The largest absolute Gasteiger partial charge is 0.396 e. The molecule has 4 heteroatoms. The summed E-state index contributed by atoms with van der Waals surface area (Å²) in [5, 5.41) is 12.1. The van der Waals surface area contributed by atoms with Crippen LogP contribution < -0.4 is 5.32 Å². The van der Waals surface area contributed by atoms with Gasteiger partial charge in [-0.25, -0.2) is 0 Å². The van der Waals surface area contributed by atoms with Crippen molar-refractivity contribution >= 4 is 5.91 Å². The molecule has 2 N–H and O–H groups in total. The van der Waals surface area contributed by atoms with Crippen LogP contribution in [-0.2, 0) is 4.79 Å². The quantitative estimate of drug-likeness (QED) is 0.721. The summed E-state index contributed by atoms with van der Waals surface area (Å²) in [5.41, 5.74) is 0. The Labute approximate surface area is 104 Å². The third-order valence-corrected chi connectivity index (χ3v) is 3.68. The number of aliphatic hydroxyl groups excluding tert-OH is 1. The number of carbonyl (C=O) groups is 1. The van der Waals surface area contributed by atoms with Gasteiger partial charge in [0, 0.05) is 13.1 Å².